The predicted octanol–water partition coefficient (Wildman–Crippen LogP) is 1.28. The van der Waals surface area contributed by atoms with Crippen LogP contribution < -0.4 is 10.6 Å². The molecule has 0 aliphatic rings. The number of pyridine rings is 1. The Morgan fingerprint density at radius 1 is 1.20 bits per heavy atom. The van der Waals surface area contributed by atoms with E-state index < -0.39 is 6.03 Å². The molecule has 9 heteroatoms. The highest BCUT2D eigenvalue weighted by Gasteiger charge is 2.19. The fourth-order valence-corrected chi connectivity index (χ4v) is 1.88. The third-order valence-electron chi connectivity index (χ3n) is 2.26. The molecule has 8 nitrogen and oxygen atoms in total. The smallest absolute Gasteiger partial charge is 0.324 e. The molecule has 2 heterocycles. The number of carbonyl (C=O) groups is 2. The summed E-state index contributed by atoms with van der Waals surface area (Å²) < 4.78 is 3.68. The normalized spacial score (nSPS) is 9.90. The van der Waals surface area contributed by atoms with Crippen LogP contribution in [0, 0.1) is 0 Å². The lowest BCUT2D eigenvalue weighted by molar-refractivity contribution is 0.0823. The van der Waals surface area contributed by atoms with Crippen molar-refractivity contribution >= 4 is 34.2 Å². The first-order valence-corrected chi connectivity index (χ1v) is 6.37. The van der Waals surface area contributed by atoms with E-state index in [1.54, 1.807) is 38.6 Å². The molecule has 20 heavy (non-hydrogen) atoms. The van der Waals surface area contributed by atoms with E-state index in [-0.39, 0.29) is 11.6 Å². The van der Waals surface area contributed by atoms with Crippen LogP contribution in [0.15, 0.2) is 24.5 Å². The number of amides is 3. The molecule has 3 amide bonds. The zero-order valence-electron chi connectivity index (χ0n) is 10.8. The Labute approximate surface area is 119 Å². The molecule has 0 bridgehead atoms. The lowest BCUT2D eigenvalue weighted by atomic mass is 10.4. The molecular formula is C11H12N6O2S. The van der Waals surface area contributed by atoms with Crippen LogP contribution >= 0.6 is 11.5 Å². The van der Waals surface area contributed by atoms with E-state index >= 15 is 0 Å². The summed E-state index contributed by atoms with van der Waals surface area (Å²) in [6.45, 7) is 0. The van der Waals surface area contributed by atoms with Crippen molar-refractivity contribution in [3.63, 3.8) is 0 Å². The number of rotatable bonds is 3. The number of hydrogen-bond acceptors (Lipinski definition) is 6. The molecule has 0 spiro atoms. The van der Waals surface area contributed by atoms with Crippen LogP contribution in [0.5, 0.6) is 0 Å². The van der Waals surface area contributed by atoms with Gasteiger partial charge in [0.15, 0.2) is 10.7 Å². The van der Waals surface area contributed by atoms with Crippen LogP contribution in [0.4, 0.5) is 15.5 Å². The molecule has 0 radical (unpaired) electrons. The van der Waals surface area contributed by atoms with Crippen LogP contribution in [-0.2, 0) is 0 Å². The van der Waals surface area contributed by atoms with E-state index in [1.807, 2.05) is 0 Å². The van der Waals surface area contributed by atoms with Crippen molar-refractivity contribution in [1.82, 2.24) is 19.5 Å². The quantitative estimate of drug-likeness (QED) is 0.887. The lowest BCUT2D eigenvalue weighted by Crippen LogP contribution is -2.25. The van der Waals surface area contributed by atoms with Gasteiger partial charge in [0.2, 0.25) is 0 Å². The molecule has 104 valence electrons. The molecule has 0 aliphatic carbocycles. The van der Waals surface area contributed by atoms with Crippen molar-refractivity contribution in [2.24, 2.45) is 0 Å². The maximum atomic E-state index is 11.8. The van der Waals surface area contributed by atoms with Crippen molar-refractivity contribution < 1.29 is 9.59 Å². The Balaban J connectivity index is 2.06. The van der Waals surface area contributed by atoms with Gasteiger partial charge in [0, 0.05) is 43.7 Å². The van der Waals surface area contributed by atoms with Crippen LogP contribution in [-0.4, -0.2) is 45.5 Å². The molecule has 0 unspecified atom stereocenters. The van der Waals surface area contributed by atoms with Crippen LogP contribution in [0.1, 0.15) is 10.5 Å². The maximum Gasteiger partial charge on any atom is 0.324 e. The van der Waals surface area contributed by atoms with Crippen LogP contribution in [0.3, 0.4) is 0 Å². The number of hydrogen-bond donors (Lipinski definition) is 2. The summed E-state index contributed by atoms with van der Waals surface area (Å²) in [6.07, 6.45) is 3.12. The fourth-order valence-electron chi connectivity index (χ4n) is 1.33. The summed E-state index contributed by atoms with van der Waals surface area (Å²) >= 11 is 0.941. The Morgan fingerprint density at radius 3 is 2.55 bits per heavy atom. The molecule has 2 aromatic rings. The van der Waals surface area contributed by atoms with E-state index in [2.05, 4.69) is 25.2 Å². The first-order chi connectivity index (χ1) is 9.58. The number of aromatic nitrogens is 3. The molecular weight excluding hydrogens is 280 g/mol. The highest BCUT2D eigenvalue weighted by molar-refractivity contribution is 7.10. The van der Waals surface area contributed by atoms with Gasteiger partial charge in [-0.25, -0.2) is 4.79 Å². The van der Waals surface area contributed by atoms with E-state index in [0.29, 0.717) is 10.7 Å². The minimum atomic E-state index is -0.477. The topological polar surface area (TPSA) is 100 Å². The minimum absolute atomic E-state index is 0.116. The van der Waals surface area contributed by atoms with Gasteiger partial charge in [-0.1, -0.05) is 4.49 Å². The number of anilines is 2. The third-order valence-corrected chi connectivity index (χ3v) is 2.90. The van der Waals surface area contributed by atoms with Gasteiger partial charge in [0.1, 0.15) is 0 Å². The molecule has 0 aromatic carbocycles. The van der Waals surface area contributed by atoms with Gasteiger partial charge in [-0.3, -0.25) is 15.1 Å². The van der Waals surface area contributed by atoms with E-state index in [1.165, 1.54) is 4.90 Å². The van der Waals surface area contributed by atoms with Crippen molar-refractivity contribution in [1.29, 1.82) is 0 Å². The lowest BCUT2D eigenvalue weighted by Gasteiger charge is -2.09. The summed E-state index contributed by atoms with van der Waals surface area (Å²) in [5.41, 5.74) is 0.709. The van der Waals surface area contributed by atoms with Gasteiger partial charge in [-0.05, 0) is 12.1 Å². The predicted molar refractivity (Wildman–Crippen MR) is 74.8 cm³/mol. The van der Waals surface area contributed by atoms with Crippen molar-refractivity contribution in [2.45, 2.75) is 0 Å². The summed E-state index contributed by atoms with van der Waals surface area (Å²) in [5, 5.41) is 9.19. The average Bonchev–Trinajstić information content (AvgIpc) is 2.86. The Hall–Kier alpha value is -2.55. The third kappa shape index (κ3) is 3.26. The minimum Gasteiger partial charge on any atom is -0.343 e. The van der Waals surface area contributed by atoms with E-state index in [0.717, 1.165) is 11.5 Å². The standard InChI is InChI=1S/C11H12N6O2S/c1-17(2)10(18)8-9(20-16-15-8)14-11(19)13-7-3-5-12-6-4-7/h3-6H,1-2H3,(H2,12,13,14,19). The number of nitrogens with zero attached hydrogens (tertiary/aromatic N) is 4. The Kier molecular flexibility index (Phi) is 4.20. The summed E-state index contributed by atoms with van der Waals surface area (Å²) in [4.78, 5) is 28.8. The zero-order valence-corrected chi connectivity index (χ0v) is 11.6. The largest absolute Gasteiger partial charge is 0.343 e. The summed E-state index contributed by atoms with van der Waals surface area (Å²) in [7, 11) is 3.20. The van der Waals surface area contributed by atoms with E-state index in [9.17, 15) is 9.59 Å². The molecule has 0 fully saturated rings. The molecule has 2 N–H and O–H groups in total. The van der Waals surface area contributed by atoms with Crippen LogP contribution in [0.25, 0.3) is 0 Å². The fraction of sp³-hybridized carbons (Fsp3) is 0.182. The number of nitrogens with one attached hydrogen (secondary N) is 2. The highest BCUT2D eigenvalue weighted by Crippen LogP contribution is 2.19. The monoisotopic (exact) mass is 292 g/mol. The van der Waals surface area contributed by atoms with Crippen molar-refractivity contribution in [2.75, 3.05) is 24.7 Å². The van der Waals surface area contributed by atoms with Gasteiger partial charge in [-0.15, -0.1) is 5.10 Å². The maximum absolute atomic E-state index is 11.8. The van der Waals surface area contributed by atoms with E-state index in [4.69, 9.17) is 0 Å². The Morgan fingerprint density at radius 2 is 1.90 bits per heavy atom. The second-order valence-electron chi connectivity index (χ2n) is 3.97. The molecule has 2 aromatic heterocycles. The van der Waals surface area contributed by atoms with Gasteiger partial charge < -0.3 is 10.2 Å². The molecule has 0 aliphatic heterocycles. The second-order valence-corrected chi connectivity index (χ2v) is 4.72. The SMILES string of the molecule is CN(C)C(=O)c1nnsc1NC(=O)Nc1ccncc1. The van der Waals surface area contributed by atoms with Crippen molar-refractivity contribution in [3.8, 4) is 0 Å². The summed E-state index contributed by atoms with van der Waals surface area (Å²) in [6, 6.07) is 2.82. The van der Waals surface area contributed by atoms with Crippen molar-refractivity contribution in [3.05, 3.63) is 30.2 Å². The van der Waals surface area contributed by atoms with Gasteiger partial charge in [-0.2, -0.15) is 0 Å². The number of urea groups is 1. The van der Waals surface area contributed by atoms with Gasteiger partial charge in [0.05, 0.1) is 0 Å². The molecule has 0 saturated heterocycles. The van der Waals surface area contributed by atoms with Gasteiger partial charge >= 0.3 is 6.03 Å². The molecule has 2 rings (SSSR count). The highest BCUT2D eigenvalue weighted by atomic mass is 32.1. The van der Waals surface area contributed by atoms with Gasteiger partial charge in [0.25, 0.3) is 5.91 Å². The second kappa shape index (κ2) is 6.06. The molecule has 0 atom stereocenters. The first kappa shape index (κ1) is 13.9. The average molecular weight is 292 g/mol. The first-order valence-electron chi connectivity index (χ1n) is 5.60. The summed E-state index contributed by atoms with van der Waals surface area (Å²) in [5.74, 6) is -0.321. The number of carbonyl (C=O) groups excluding carboxylic acids is 2. The molecule has 0 saturated carbocycles. The van der Waals surface area contributed by atoms with Crippen LogP contribution in [0.2, 0.25) is 0 Å². The Bertz CT molecular complexity index is 612. The zero-order chi connectivity index (χ0) is 14.5.